The number of para-hydroxylation sites is 1. The molecule has 41 heavy (non-hydrogen) atoms. The van der Waals surface area contributed by atoms with Gasteiger partial charge in [0, 0.05) is 43.7 Å². The lowest BCUT2D eigenvalue weighted by atomic mass is 10.1. The second kappa shape index (κ2) is 12.5. The Balaban J connectivity index is 1.13. The summed E-state index contributed by atoms with van der Waals surface area (Å²) in [5.74, 6) is 1.46. The molecule has 7 nitrogen and oxygen atoms in total. The predicted octanol–water partition coefficient (Wildman–Crippen LogP) is 6.53. The van der Waals surface area contributed by atoms with Crippen molar-refractivity contribution in [2.24, 2.45) is 0 Å². The van der Waals surface area contributed by atoms with Crippen molar-refractivity contribution >= 4 is 46.3 Å². The summed E-state index contributed by atoms with van der Waals surface area (Å²) in [7, 11) is 0. The lowest BCUT2D eigenvalue weighted by Crippen LogP contribution is -2.49. The summed E-state index contributed by atoms with van der Waals surface area (Å²) in [5.41, 5.74) is 4.92. The van der Waals surface area contributed by atoms with Crippen molar-refractivity contribution in [1.29, 1.82) is 0 Å². The molecule has 0 bridgehead atoms. The lowest BCUT2D eigenvalue weighted by molar-refractivity contribution is 0.0741. The van der Waals surface area contributed by atoms with E-state index in [4.69, 9.17) is 16.6 Å². The third-order valence-corrected chi connectivity index (χ3v) is 9.34. The molecule has 0 saturated carbocycles. The van der Waals surface area contributed by atoms with Gasteiger partial charge in [0.15, 0.2) is 5.16 Å². The average molecular weight is 601 g/mol. The number of benzene rings is 3. The number of amides is 1. The molecule has 5 aromatic rings. The van der Waals surface area contributed by atoms with Crippen LogP contribution in [-0.2, 0) is 12.2 Å². The zero-order chi connectivity index (χ0) is 28.2. The Morgan fingerprint density at radius 3 is 2.41 bits per heavy atom. The van der Waals surface area contributed by atoms with E-state index >= 15 is 0 Å². The van der Waals surface area contributed by atoms with Gasteiger partial charge < -0.3 is 9.80 Å². The zero-order valence-electron chi connectivity index (χ0n) is 22.6. The van der Waals surface area contributed by atoms with Gasteiger partial charge in [-0.05, 0) is 36.8 Å². The molecule has 3 heterocycles. The number of hydrogen-bond donors (Lipinski definition) is 0. The van der Waals surface area contributed by atoms with Gasteiger partial charge in [-0.2, -0.15) is 0 Å². The summed E-state index contributed by atoms with van der Waals surface area (Å²) in [4.78, 5) is 22.0. The third-order valence-electron chi connectivity index (χ3n) is 7.05. The number of thiazole rings is 1. The first kappa shape index (κ1) is 27.5. The number of nitrogens with zero attached hydrogens (tertiary/aromatic N) is 6. The number of carbonyl (C=O) groups is 1. The molecule has 1 fully saturated rings. The fourth-order valence-electron chi connectivity index (χ4n) is 4.86. The molecule has 10 heteroatoms. The van der Waals surface area contributed by atoms with Gasteiger partial charge in [0.1, 0.15) is 16.5 Å². The fourth-order valence-corrected chi connectivity index (χ4v) is 6.87. The number of rotatable bonds is 8. The average Bonchev–Trinajstić information content (AvgIpc) is 3.64. The maximum Gasteiger partial charge on any atom is 0.273 e. The van der Waals surface area contributed by atoms with Crippen LogP contribution in [0.1, 0.15) is 32.4 Å². The Morgan fingerprint density at radius 1 is 0.927 bits per heavy atom. The standard InChI is InChI=1S/C31H29ClN6OS2/c1-22-11-13-24(14-12-22)38-28(19-23-7-3-2-4-8-23)34-35-31(38)41-21-29-33-26(20-40-29)30(39)37-17-15-36(16-18-37)27-10-6-5-9-25(27)32/h2-14,20H,15-19,21H2,1H3. The quantitative estimate of drug-likeness (QED) is 0.189. The molecule has 3 aromatic carbocycles. The number of aromatic nitrogens is 4. The Bertz CT molecular complexity index is 1630. The highest BCUT2D eigenvalue weighted by Crippen LogP contribution is 2.29. The highest BCUT2D eigenvalue weighted by molar-refractivity contribution is 7.98. The van der Waals surface area contributed by atoms with E-state index in [0.29, 0.717) is 31.0 Å². The van der Waals surface area contributed by atoms with E-state index < -0.39 is 0 Å². The molecule has 0 spiro atoms. The number of aryl methyl sites for hydroxylation is 1. The van der Waals surface area contributed by atoms with Crippen LogP contribution in [0.15, 0.2) is 89.4 Å². The number of anilines is 1. The van der Waals surface area contributed by atoms with E-state index in [9.17, 15) is 4.79 Å². The molecular weight excluding hydrogens is 572 g/mol. The number of carbonyl (C=O) groups excluding carboxylic acids is 1. The van der Waals surface area contributed by atoms with E-state index in [1.165, 1.54) is 22.5 Å². The first-order chi connectivity index (χ1) is 20.0. The van der Waals surface area contributed by atoms with Gasteiger partial charge in [0.2, 0.25) is 0 Å². The zero-order valence-corrected chi connectivity index (χ0v) is 25.0. The Kier molecular flexibility index (Phi) is 8.36. The van der Waals surface area contributed by atoms with Crippen molar-refractivity contribution < 1.29 is 4.79 Å². The summed E-state index contributed by atoms with van der Waals surface area (Å²) in [6.45, 7) is 4.83. The Hall–Kier alpha value is -3.66. The van der Waals surface area contributed by atoms with Gasteiger partial charge >= 0.3 is 0 Å². The SMILES string of the molecule is Cc1ccc(-n2c(Cc3ccccc3)nnc2SCc2nc(C(=O)N3CCN(c4ccccc4Cl)CC3)cs2)cc1. The molecule has 0 unspecified atom stereocenters. The van der Waals surface area contributed by atoms with Crippen molar-refractivity contribution in [3.63, 3.8) is 0 Å². The van der Waals surface area contributed by atoms with E-state index in [0.717, 1.165) is 45.5 Å². The van der Waals surface area contributed by atoms with E-state index in [1.54, 1.807) is 11.8 Å². The molecular formula is C31H29ClN6OS2. The van der Waals surface area contributed by atoms with Crippen LogP contribution < -0.4 is 4.90 Å². The normalized spacial score (nSPS) is 13.5. The van der Waals surface area contributed by atoms with Gasteiger partial charge in [0.05, 0.1) is 16.5 Å². The molecule has 1 aliphatic rings. The molecule has 208 valence electrons. The summed E-state index contributed by atoms with van der Waals surface area (Å²) < 4.78 is 2.12. The molecule has 0 radical (unpaired) electrons. The van der Waals surface area contributed by atoms with Crippen molar-refractivity contribution in [1.82, 2.24) is 24.6 Å². The summed E-state index contributed by atoms with van der Waals surface area (Å²) in [6.07, 6.45) is 0.682. The summed E-state index contributed by atoms with van der Waals surface area (Å²) in [5, 5.41) is 13.4. The van der Waals surface area contributed by atoms with Gasteiger partial charge in [0.25, 0.3) is 5.91 Å². The smallest absolute Gasteiger partial charge is 0.273 e. The van der Waals surface area contributed by atoms with Gasteiger partial charge in [-0.15, -0.1) is 21.5 Å². The maximum atomic E-state index is 13.2. The molecule has 1 saturated heterocycles. The summed E-state index contributed by atoms with van der Waals surface area (Å²) in [6, 6.07) is 26.5. The van der Waals surface area contributed by atoms with Crippen LogP contribution in [0, 0.1) is 6.92 Å². The highest BCUT2D eigenvalue weighted by Gasteiger charge is 2.25. The van der Waals surface area contributed by atoms with Crippen molar-refractivity contribution in [2.45, 2.75) is 24.3 Å². The van der Waals surface area contributed by atoms with Crippen LogP contribution in [0.3, 0.4) is 0 Å². The van der Waals surface area contributed by atoms with E-state index in [1.807, 2.05) is 52.7 Å². The monoisotopic (exact) mass is 600 g/mol. The fraction of sp³-hybridized carbons (Fsp3) is 0.226. The van der Waals surface area contributed by atoms with E-state index in [-0.39, 0.29) is 5.91 Å². The third kappa shape index (κ3) is 6.32. The minimum atomic E-state index is -0.0238. The van der Waals surface area contributed by atoms with E-state index in [2.05, 4.69) is 63.0 Å². The molecule has 1 aliphatic heterocycles. The lowest BCUT2D eigenvalue weighted by Gasteiger charge is -2.36. The van der Waals surface area contributed by atoms with Gasteiger partial charge in [-0.3, -0.25) is 9.36 Å². The van der Waals surface area contributed by atoms with Crippen molar-refractivity contribution in [3.8, 4) is 5.69 Å². The van der Waals surface area contributed by atoms with Crippen LogP contribution in [0.2, 0.25) is 5.02 Å². The molecule has 0 atom stereocenters. The van der Waals surface area contributed by atoms with Crippen LogP contribution >= 0.6 is 34.7 Å². The molecule has 6 rings (SSSR count). The second-order valence-corrected chi connectivity index (χ2v) is 12.2. The Labute approximate surface area is 252 Å². The highest BCUT2D eigenvalue weighted by atomic mass is 35.5. The first-order valence-corrected chi connectivity index (χ1v) is 15.7. The molecule has 0 aliphatic carbocycles. The van der Waals surface area contributed by atoms with Gasteiger partial charge in [-0.25, -0.2) is 4.98 Å². The largest absolute Gasteiger partial charge is 0.367 e. The van der Waals surface area contributed by atoms with Crippen LogP contribution in [-0.4, -0.2) is 56.7 Å². The minimum Gasteiger partial charge on any atom is -0.367 e. The van der Waals surface area contributed by atoms with Crippen LogP contribution in [0.4, 0.5) is 5.69 Å². The van der Waals surface area contributed by atoms with Crippen molar-refractivity contribution in [2.75, 3.05) is 31.1 Å². The number of thioether (sulfide) groups is 1. The predicted molar refractivity (Wildman–Crippen MR) is 167 cm³/mol. The van der Waals surface area contributed by atoms with Crippen LogP contribution in [0.25, 0.3) is 5.69 Å². The number of hydrogen-bond acceptors (Lipinski definition) is 7. The molecule has 1 amide bonds. The number of halogens is 1. The number of piperazine rings is 1. The Morgan fingerprint density at radius 2 is 1.66 bits per heavy atom. The minimum absolute atomic E-state index is 0.0238. The first-order valence-electron chi connectivity index (χ1n) is 13.5. The van der Waals surface area contributed by atoms with Crippen LogP contribution in [0.5, 0.6) is 0 Å². The summed E-state index contributed by atoms with van der Waals surface area (Å²) >= 11 is 9.47. The molecule has 0 N–H and O–H groups in total. The second-order valence-electron chi connectivity index (χ2n) is 9.88. The maximum absolute atomic E-state index is 13.2. The molecule has 2 aromatic heterocycles. The topological polar surface area (TPSA) is 67.2 Å². The van der Waals surface area contributed by atoms with Gasteiger partial charge in [-0.1, -0.05) is 83.5 Å². The van der Waals surface area contributed by atoms with Crippen molar-refractivity contribution in [3.05, 3.63) is 117 Å².